The Balaban J connectivity index is 1.66. The Morgan fingerprint density at radius 3 is 2.84 bits per heavy atom. The van der Waals surface area contributed by atoms with Crippen molar-refractivity contribution in [3.63, 3.8) is 0 Å². The van der Waals surface area contributed by atoms with E-state index >= 15 is 0 Å². The molecule has 0 radical (unpaired) electrons. The Morgan fingerprint density at radius 1 is 1.32 bits per heavy atom. The second kappa shape index (κ2) is 7.31. The van der Waals surface area contributed by atoms with Gasteiger partial charge in [0.15, 0.2) is 11.5 Å². The molecule has 1 saturated heterocycles. The second-order valence-corrected chi connectivity index (χ2v) is 6.78. The van der Waals surface area contributed by atoms with Crippen molar-refractivity contribution in [1.29, 1.82) is 0 Å². The molecule has 0 saturated carbocycles. The summed E-state index contributed by atoms with van der Waals surface area (Å²) in [5, 5.41) is 2.96. The van der Waals surface area contributed by atoms with E-state index in [-0.39, 0.29) is 24.6 Å². The lowest BCUT2D eigenvalue weighted by molar-refractivity contribution is -0.125. The summed E-state index contributed by atoms with van der Waals surface area (Å²) >= 11 is 0. The molecule has 1 aromatic carbocycles. The van der Waals surface area contributed by atoms with Crippen molar-refractivity contribution in [1.82, 2.24) is 15.1 Å². The van der Waals surface area contributed by atoms with E-state index in [0.717, 1.165) is 6.42 Å². The molecule has 3 rings (SSSR count). The lowest BCUT2D eigenvalue weighted by Gasteiger charge is -2.26. The molecule has 2 aliphatic heterocycles. The highest BCUT2D eigenvalue weighted by Gasteiger charge is 2.35. The fourth-order valence-electron chi connectivity index (χ4n) is 3.03. The topological polar surface area (TPSA) is 71.1 Å². The maximum Gasteiger partial charge on any atom is 0.254 e. The number of ether oxygens (including phenoxy) is 2. The number of hydrogen-bond acceptors (Lipinski definition) is 5. The quantitative estimate of drug-likeness (QED) is 0.863. The van der Waals surface area contributed by atoms with Gasteiger partial charge in [0.2, 0.25) is 12.7 Å². The molecule has 25 heavy (non-hydrogen) atoms. The second-order valence-electron chi connectivity index (χ2n) is 6.78. The van der Waals surface area contributed by atoms with E-state index < -0.39 is 6.04 Å². The number of fused-ring (bicyclic) bond motifs is 1. The summed E-state index contributed by atoms with van der Waals surface area (Å²) < 4.78 is 10.6. The van der Waals surface area contributed by atoms with Gasteiger partial charge in [-0.15, -0.1) is 0 Å². The van der Waals surface area contributed by atoms with Crippen LogP contribution in [0.25, 0.3) is 0 Å². The molecule has 2 unspecified atom stereocenters. The van der Waals surface area contributed by atoms with E-state index in [2.05, 4.69) is 5.32 Å². The standard InChI is InChI=1S/C18H25N3O4/c1-12(20(2)3)10-19-17(22)14-5-4-8-21(14)18(23)13-6-7-15-16(9-13)25-11-24-15/h6-7,9,12,14H,4-5,8,10-11H2,1-3H3,(H,19,22). The van der Waals surface area contributed by atoms with Crippen LogP contribution in [0.1, 0.15) is 30.1 Å². The summed E-state index contributed by atoms with van der Waals surface area (Å²) in [6.45, 7) is 3.37. The number of carbonyl (C=O) groups excluding carboxylic acids is 2. The van der Waals surface area contributed by atoms with Crippen LogP contribution in [0, 0.1) is 0 Å². The zero-order chi connectivity index (χ0) is 18.0. The third-order valence-electron chi connectivity index (χ3n) is 4.89. The molecule has 1 N–H and O–H groups in total. The molecule has 1 aromatic rings. The van der Waals surface area contributed by atoms with Crippen LogP contribution < -0.4 is 14.8 Å². The van der Waals surface area contributed by atoms with Crippen LogP contribution in [-0.4, -0.2) is 67.7 Å². The number of hydrogen-bond donors (Lipinski definition) is 1. The number of benzene rings is 1. The molecular formula is C18H25N3O4. The van der Waals surface area contributed by atoms with Gasteiger partial charge in [-0.25, -0.2) is 0 Å². The molecule has 2 heterocycles. The van der Waals surface area contributed by atoms with Crippen molar-refractivity contribution in [3.8, 4) is 11.5 Å². The predicted octanol–water partition coefficient (Wildman–Crippen LogP) is 1.09. The summed E-state index contributed by atoms with van der Waals surface area (Å²) in [6.07, 6.45) is 1.52. The Labute approximate surface area is 147 Å². The summed E-state index contributed by atoms with van der Waals surface area (Å²) in [7, 11) is 3.95. The molecular weight excluding hydrogens is 322 g/mol. The van der Waals surface area contributed by atoms with Gasteiger partial charge in [-0.1, -0.05) is 0 Å². The third kappa shape index (κ3) is 3.71. The van der Waals surface area contributed by atoms with Gasteiger partial charge in [-0.2, -0.15) is 0 Å². The van der Waals surface area contributed by atoms with Crippen molar-refractivity contribution < 1.29 is 19.1 Å². The Bertz CT molecular complexity index is 662. The van der Waals surface area contributed by atoms with Gasteiger partial charge in [0, 0.05) is 24.7 Å². The minimum absolute atomic E-state index is 0.0831. The first-order chi connectivity index (χ1) is 12.0. The van der Waals surface area contributed by atoms with E-state index in [1.165, 1.54) is 0 Å². The van der Waals surface area contributed by atoms with Crippen LogP contribution in [0.4, 0.5) is 0 Å². The van der Waals surface area contributed by atoms with Crippen LogP contribution in [0.3, 0.4) is 0 Å². The monoisotopic (exact) mass is 347 g/mol. The minimum atomic E-state index is -0.410. The molecule has 2 atom stereocenters. The van der Waals surface area contributed by atoms with E-state index in [4.69, 9.17) is 9.47 Å². The third-order valence-corrected chi connectivity index (χ3v) is 4.89. The van der Waals surface area contributed by atoms with Gasteiger partial charge in [-0.05, 0) is 52.1 Å². The molecule has 0 aromatic heterocycles. The van der Waals surface area contributed by atoms with Crippen molar-refractivity contribution in [2.24, 2.45) is 0 Å². The van der Waals surface area contributed by atoms with Crippen LogP contribution in [-0.2, 0) is 4.79 Å². The summed E-state index contributed by atoms with van der Waals surface area (Å²) in [6, 6.07) is 4.97. The fourth-order valence-corrected chi connectivity index (χ4v) is 3.03. The van der Waals surface area contributed by atoms with E-state index in [0.29, 0.717) is 36.6 Å². The number of nitrogens with one attached hydrogen (secondary N) is 1. The number of amides is 2. The number of nitrogens with zero attached hydrogens (tertiary/aromatic N) is 2. The molecule has 2 aliphatic rings. The molecule has 0 aliphatic carbocycles. The highest BCUT2D eigenvalue weighted by molar-refractivity contribution is 5.98. The molecule has 1 fully saturated rings. The van der Waals surface area contributed by atoms with Crippen molar-refractivity contribution in [2.45, 2.75) is 31.8 Å². The number of likely N-dealkylation sites (tertiary alicyclic amines) is 1. The maximum atomic E-state index is 12.8. The zero-order valence-electron chi connectivity index (χ0n) is 14.9. The molecule has 7 nitrogen and oxygen atoms in total. The number of likely N-dealkylation sites (N-methyl/N-ethyl adjacent to an activating group) is 1. The van der Waals surface area contributed by atoms with Crippen LogP contribution >= 0.6 is 0 Å². The van der Waals surface area contributed by atoms with Crippen LogP contribution in [0.5, 0.6) is 11.5 Å². The van der Waals surface area contributed by atoms with Crippen LogP contribution in [0.15, 0.2) is 18.2 Å². The summed E-state index contributed by atoms with van der Waals surface area (Å²) in [5.41, 5.74) is 0.519. The van der Waals surface area contributed by atoms with Gasteiger partial charge in [0.05, 0.1) is 0 Å². The average molecular weight is 347 g/mol. The fraction of sp³-hybridized carbons (Fsp3) is 0.556. The van der Waals surface area contributed by atoms with Gasteiger partial charge in [-0.3, -0.25) is 9.59 Å². The smallest absolute Gasteiger partial charge is 0.254 e. The SMILES string of the molecule is CC(CNC(=O)C1CCCN1C(=O)c1ccc2c(c1)OCO2)N(C)C. The Kier molecular flexibility index (Phi) is 5.13. The molecule has 0 bridgehead atoms. The highest BCUT2D eigenvalue weighted by Crippen LogP contribution is 2.33. The molecule has 0 spiro atoms. The lowest BCUT2D eigenvalue weighted by Crippen LogP contribution is -2.48. The lowest BCUT2D eigenvalue weighted by atomic mass is 10.1. The first-order valence-corrected chi connectivity index (χ1v) is 8.62. The Hall–Kier alpha value is -2.28. The Morgan fingerprint density at radius 2 is 2.08 bits per heavy atom. The first kappa shape index (κ1) is 17.5. The largest absolute Gasteiger partial charge is 0.454 e. The van der Waals surface area contributed by atoms with Crippen molar-refractivity contribution in [2.75, 3.05) is 34.0 Å². The van der Waals surface area contributed by atoms with Gasteiger partial charge in [0.1, 0.15) is 6.04 Å². The van der Waals surface area contributed by atoms with Crippen LogP contribution in [0.2, 0.25) is 0 Å². The predicted molar refractivity (Wildman–Crippen MR) is 92.8 cm³/mol. The van der Waals surface area contributed by atoms with E-state index in [9.17, 15) is 9.59 Å². The molecule has 136 valence electrons. The summed E-state index contributed by atoms with van der Waals surface area (Å²) in [4.78, 5) is 29.1. The van der Waals surface area contributed by atoms with Gasteiger partial charge >= 0.3 is 0 Å². The molecule has 7 heteroatoms. The van der Waals surface area contributed by atoms with Crippen molar-refractivity contribution in [3.05, 3.63) is 23.8 Å². The van der Waals surface area contributed by atoms with Crippen molar-refractivity contribution >= 4 is 11.8 Å². The normalized spacial score (nSPS) is 20.0. The maximum absolute atomic E-state index is 12.8. The average Bonchev–Trinajstić information content (AvgIpc) is 3.26. The van der Waals surface area contributed by atoms with E-state index in [1.54, 1.807) is 23.1 Å². The zero-order valence-corrected chi connectivity index (χ0v) is 14.9. The van der Waals surface area contributed by atoms with E-state index in [1.807, 2.05) is 25.9 Å². The number of carbonyl (C=O) groups is 2. The minimum Gasteiger partial charge on any atom is -0.454 e. The first-order valence-electron chi connectivity index (χ1n) is 8.62. The number of rotatable bonds is 5. The highest BCUT2D eigenvalue weighted by atomic mass is 16.7. The summed E-state index contributed by atoms with van der Waals surface area (Å²) in [5.74, 6) is 0.993. The van der Waals surface area contributed by atoms with Gasteiger partial charge < -0.3 is 24.6 Å². The molecule has 2 amide bonds. The van der Waals surface area contributed by atoms with Gasteiger partial charge in [0.25, 0.3) is 5.91 Å².